The number of nitrogens with zero attached hydrogens (tertiary/aromatic N) is 2. The summed E-state index contributed by atoms with van der Waals surface area (Å²) in [5, 5.41) is 13.9. The molecule has 4 amide bonds. The number of benzene rings is 4. The number of amides is 4. The van der Waals surface area contributed by atoms with E-state index >= 15 is 0 Å². The predicted molar refractivity (Wildman–Crippen MR) is 352 cm³/mol. The quantitative estimate of drug-likeness (QED) is 0.0207. The minimum atomic E-state index is -3.72. The van der Waals surface area contributed by atoms with Crippen molar-refractivity contribution in [2.75, 3.05) is 65.4 Å². The number of halogens is 4. The summed E-state index contributed by atoms with van der Waals surface area (Å²) in [4.78, 5) is 29.7. The fraction of sp³-hybridized carbons (Fsp3) is 0.594. The molecule has 4 aromatic rings. The summed E-state index contributed by atoms with van der Waals surface area (Å²) in [6.07, 6.45) is 17.0. The molecule has 88 heavy (non-hydrogen) atoms. The smallest absolute Gasteiger partial charge is 0.314 e. The number of urea groups is 2. The van der Waals surface area contributed by atoms with Gasteiger partial charge in [0.25, 0.3) is 0 Å². The van der Waals surface area contributed by atoms with Crippen molar-refractivity contribution in [2.24, 2.45) is 11.5 Å². The summed E-state index contributed by atoms with van der Waals surface area (Å²) in [7, 11) is -7.44. The van der Waals surface area contributed by atoms with E-state index in [0.29, 0.717) is 82.0 Å². The highest BCUT2D eigenvalue weighted by Crippen LogP contribution is 2.46. The molecule has 2 heterocycles. The van der Waals surface area contributed by atoms with Crippen LogP contribution in [-0.2, 0) is 32.9 Å². The van der Waals surface area contributed by atoms with Crippen LogP contribution in [0.15, 0.2) is 70.5 Å². The van der Waals surface area contributed by atoms with E-state index in [2.05, 4.69) is 40.5 Å². The summed E-state index contributed by atoms with van der Waals surface area (Å²) >= 11 is 26.3. The number of rotatable bonds is 33. The third-order valence-electron chi connectivity index (χ3n) is 17.4. The molecule has 0 spiro atoms. The summed E-state index contributed by atoms with van der Waals surface area (Å²) in [6, 6.07) is 17.2. The highest BCUT2D eigenvalue weighted by atomic mass is 35.5. The van der Waals surface area contributed by atoms with Crippen LogP contribution in [0, 0.1) is 13.8 Å². The van der Waals surface area contributed by atoms with Gasteiger partial charge in [0.1, 0.15) is 23.7 Å². The van der Waals surface area contributed by atoms with Crippen LogP contribution in [0.5, 0.6) is 11.5 Å². The lowest BCUT2D eigenvalue weighted by atomic mass is 10.0. The number of likely N-dealkylation sites (tertiary alicyclic amines) is 2. The van der Waals surface area contributed by atoms with Gasteiger partial charge in [-0.3, -0.25) is 9.80 Å². The molecule has 4 aliphatic rings. The van der Waals surface area contributed by atoms with Crippen molar-refractivity contribution >= 4 is 78.5 Å². The lowest BCUT2D eigenvalue weighted by Gasteiger charge is -2.38. The average molecular weight is 1340 g/mol. The SMILES string of the molecule is Cc1cc(S(=O)(=O)NCCCCCCCCNC(=O)NCCCCNC(=O)NCCCCCCCCNS(=O)(=O)c2ccc(O[C@H]3c4cc(Cl)cc(Cl)c4C[C@@H]3N3CCC[C@@H](N)C3)c(C)c2)ccc1O[C@H]1c2cc(Cl)cc(Cl)c2C[C@@H]1N1CCC[C@@H](N)C1. The predicted octanol–water partition coefficient (Wildman–Crippen LogP) is 11.2. The molecule has 6 atom stereocenters. The molecular weight excluding hydrogens is 1240 g/mol. The van der Waals surface area contributed by atoms with E-state index in [1.807, 2.05) is 26.0 Å². The molecule has 18 nitrogen and oxygen atoms in total. The minimum Gasteiger partial charge on any atom is -0.484 e. The van der Waals surface area contributed by atoms with Gasteiger partial charge in [0, 0.05) is 95.7 Å². The largest absolute Gasteiger partial charge is 0.484 e. The van der Waals surface area contributed by atoms with Gasteiger partial charge in [-0.25, -0.2) is 35.9 Å². The topological polar surface area (TPSA) is 252 Å². The van der Waals surface area contributed by atoms with Gasteiger partial charge in [-0.15, -0.1) is 0 Å². The number of piperidine rings is 2. The Morgan fingerprint density at radius 1 is 0.500 bits per heavy atom. The molecule has 0 unspecified atom stereocenters. The van der Waals surface area contributed by atoms with E-state index < -0.39 is 20.0 Å². The van der Waals surface area contributed by atoms with Crippen molar-refractivity contribution in [3.63, 3.8) is 0 Å². The lowest BCUT2D eigenvalue weighted by Crippen LogP contribution is -2.49. The van der Waals surface area contributed by atoms with Crippen molar-refractivity contribution in [1.82, 2.24) is 40.5 Å². The number of fused-ring (bicyclic) bond motifs is 2. The highest BCUT2D eigenvalue weighted by molar-refractivity contribution is 7.89. The molecular formula is C64H92Cl4N10O8S2. The third kappa shape index (κ3) is 20.2. The average Bonchev–Trinajstić information content (AvgIpc) is 2.55. The van der Waals surface area contributed by atoms with Gasteiger partial charge in [-0.05, 0) is 187 Å². The Balaban J connectivity index is 0.591. The van der Waals surface area contributed by atoms with Gasteiger partial charge in [-0.1, -0.05) is 97.8 Å². The van der Waals surface area contributed by atoms with Crippen LogP contribution >= 0.6 is 46.4 Å². The first-order valence-electron chi connectivity index (χ1n) is 31.8. The van der Waals surface area contributed by atoms with E-state index in [1.165, 1.54) is 0 Å². The zero-order valence-corrected chi connectivity index (χ0v) is 55.8. The van der Waals surface area contributed by atoms with Gasteiger partial charge in [-0.2, -0.15) is 0 Å². The number of sulfonamides is 2. The molecule has 486 valence electrons. The van der Waals surface area contributed by atoms with Crippen molar-refractivity contribution < 1.29 is 35.9 Å². The number of carbonyl (C=O) groups excluding carboxylic acids is 2. The van der Waals surface area contributed by atoms with Gasteiger partial charge in [0.2, 0.25) is 20.0 Å². The molecule has 2 aliphatic heterocycles. The van der Waals surface area contributed by atoms with Crippen LogP contribution in [0.1, 0.15) is 161 Å². The molecule has 2 saturated heterocycles. The molecule has 10 N–H and O–H groups in total. The zero-order chi connectivity index (χ0) is 62.8. The van der Waals surface area contributed by atoms with Gasteiger partial charge in [0.05, 0.1) is 21.9 Å². The highest BCUT2D eigenvalue weighted by Gasteiger charge is 2.43. The summed E-state index contributed by atoms with van der Waals surface area (Å²) in [5.41, 5.74) is 18.1. The number of ether oxygens (including phenoxy) is 2. The van der Waals surface area contributed by atoms with Crippen LogP contribution < -0.4 is 51.7 Å². The molecule has 8 rings (SSSR count). The Hall–Kier alpha value is -4.16. The Morgan fingerprint density at radius 3 is 1.19 bits per heavy atom. The minimum absolute atomic E-state index is 0.0259. The standard InChI is InChI=1S/C64H92Cl4N10O8S2/c1-43-33-49(21-23-59(43)85-61-53-35-45(65)37-55(67)51(53)39-57(61)77-31-17-19-47(69)41-77)87(81,82)75-29-13-9-5-3-7-11-25-71-63(79)73-27-15-16-28-74-64(80)72-26-12-8-4-6-10-14-30-76-88(83,84)50-22-24-60(44(2)34-50)86-62-54-36-46(66)38-56(68)52(54)40-58(62)78-32-18-20-48(70)42-78/h21-24,33-38,47-48,57-58,61-62,75-76H,3-20,25-32,39-42,69-70H2,1-2H3,(H2,71,73,79)(H2,72,74,80)/t47-,48-,57+,58+,61+,62+/m1/s1. The molecule has 4 aromatic carbocycles. The molecule has 0 aromatic heterocycles. The number of nitrogens with two attached hydrogens (primary N) is 2. The first-order chi connectivity index (χ1) is 42.3. The monoisotopic (exact) mass is 1330 g/mol. The second kappa shape index (κ2) is 33.9. The van der Waals surface area contributed by atoms with Gasteiger partial charge >= 0.3 is 12.1 Å². The van der Waals surface area contributed by atoms with Gasteiger partial charge < -0.3 is 42.2 Å². The molecule has 24 heteroatoms. The van der Waals surface area contributed by atoms with E-state index in [4.69, 9.17) is 67.3 Å². The van der Waals surface area contributed by atoms with Crippen molar-refractivity contribution in [3.8, 4) is 11.5 Å². The molecule has 0 bridgehead atoms. The Labute approximate surface area is 542 Å². The number of aryl methyl sites for hydroxylation is 2. The maximum atomic E-state index is 13.3. The summed E-state index contributed by atoms with van der Waals surface area (Å²) < 4.78 is 72.1. The first kappa shape index (κ1) is 69.7. The van der Waals surface area contributed by atoms with Crippen LogP contribution in [0.4, 0.5) is 9.59 Å². The van der Waals surface area contributed by atoms with Crippen molar-refractivity contribution in [1.29, 1.82) is 0 Å². The van der Waals surface area contributed by atoms with E-state index in [0.717, 1.165) is 177 Å². The van der Waals surface area contributed by atoms with E-state index in [1.54, 1.807) is 48.5 Å². The lowest BCUT2D eigenvalue weighted by molar-refractivity contribution is 0.0589. The van der Waals surface area contributed by atoms with Crippen LogP contribution in [0.25, 0.3) is 0 Å². The second-order valence-corrected chi connectivity index (χ2v) is 29.5. The van der Waals surface area contributed by atoms with Crippen LogP contribution in [0.2, 0.25) is 20.1 Å². The molecule has 0 radical (unpaired) electrons. The number of unbranched alkanes of at least 4 members (excludes halogenated alkanes) is 11. The van der Waals surface area contributed by atoms with Crippen LogP contribution in [0.3, 0.4) is 0 Å². The number of nitrogens with one attached hydrogen (secondary N) is 6. The molecule has 0 saturated carbocycles. The Morgan fingerprint density at radius 2 is 0.841 bits per heavy atom. The van der Waals surface area contributed by atoms with Gasteiger partial charge in [0.15, 0.2) is 0 Å². The van der Waals surface area contributed by atoms with Crippen molar-refractivity contribution in [2.45, 2.75) is 188 Å². The van der Waals surface area contributed by atoms with Crippen molar-refractivity contribution in [3.05, 3.63) is 114 Å². The maximum absolute atomic E-state index is 13.3. The third-order valence-corrected chi connectivity index (χ3v) is 21.4. The van der Waals surface area contributed by atoms with E-state index in [-0.39, 0.29) is 58.2 Å². The normalized spacial score (nSPS) is 20.5. The molecule has 2 fully saturated rings. The Kier molecular flexibility index (Phi) is 26.9. The summed E-state index contributed by atoms with van der Waals surface area (Å²) in [5.74, 6) is 1.21. The fourth-order valence-electron chi connectivity index (χ4n) is 12.6. The number of hydrogen-bond donors (Lipinski definition) is 8. The zero-order valence-electron chi connectivity index (χ0n) is 51.1. The second-order valence-electron chi connectivity index (χ2n) is 24.3. The molecule has 2 aliphatic carbocycles. The first-order valence-corrected chi connectivity index (χ1v) is 36.3. The fourth-order valence-corrected chi connectivity index (χ4v) is 16.1. The van der Waals surface area contributed by atoms with E-state index in [9.17, 15) is 26.4 Å². The van der Waals surface area contributed by atoms with Crippen LogP contribution in [-0.4, -0.2) is 128 Å². The Bertz CT molecular complexity index is 2990. The number of hydrogen-bond acceptors (Lipinski definition) is 12. The maximum Gasteiger partial charge on any atom is 0.314 e. The number of carbonyl (C=O) groups is 2. The summed E-state index contributed by atoms with van der Waals surface area (Å²) in [6.45, 7) is 9.93.